The summed E-state index contributed by atoms with van der Waals surface area (Å²) < 4.78 is 0. The Morgan fingerprint density at radius 1 is 1.32 bits per heavy atom. The first-order valence-corrected chi connectivity index (χ1v) is 6.59. The summed E-state index contributed by atoms with van der Waals surface area (Å²) in [6.07, 6.45) is 6.46. The third kappa shape index (κ3) is 3.58. The number of aliphatic hydroxyl groups is 1. The van der Waals surface area contributed by atoms with Crippen LogP contribution in [0.2, 0.25) is 0 Å². The summed E-state index contributed by atoms with van der Waals surface area (Å²) in [6.45, 7) is 0.388. The van der Waals surface area contributed by atoms with E-state index in [-0.39, 0.29) is 24.3 Å². The largest absolute Gasteiger partial charge is 0.508 e. The predicted molar refractivity (Wildman–Crippen MR) is 73.6 cm³/mol. The van der Waals surface area contributed by atoms with E-state index < -0.39 is 0 Å². The van der Waals surface area contributed by atoms with Crippen LogP contribution in [0.15, 0.2) is 30.3 Å². The van der Waals surface area contributed by atoms with Crippen LogP contribution in [0.25, 0.3) is 6.08 Å². The Labute approximate surface area is 113 Å². The molecule has 102 valence electrons. The molecule has 0 spiro atoms. The minimum atomic E-state index is -0.0631. The Morgan fingerprint density at radius 2 is 2.00 bits per heavy atom. The number of nitrogens with zero attached hydrogens (tertiary/aromatic N) is 1. The average molecular weight is 261 g/mol. The molecule has 0 aliphatic heterocycles. The molecule has 1 aliphatic carbocycles. The van der Waals surface area contributed by atoms with Crippen LogP contribution < -0.4 is 0 Å². The third-order valence-corrected chi connectivity index (χ3v) is 3.45. The molecule has 0 saturated heterocycles. The Kier molecular flexibility index (Phi) is 4.58. The van der Waals surface area contributed by atoms with Crippen molar-refractivity contribution >= 4 is 12.0 Å². The molecule has 1 fully saturated rings. The van der Waals surface area contributed by atoms with Gasteiger partial charge in [0.1, 0.15) is 5.75 Å². The van der Waals surface area contributed by atoms with E-state index in [1.165, 1.54) is 6.08 Å². The molecule has 4 heteroatoms. The second-order valence-electron chi connectivity index (χ2n) is 4.76. The van der Waals surface area contributed by atoms with Gasteiger partial charge in [0.15, 0.2) is 0 Å². The lowest BCUT2D eigenvalue weighted by atomic mass is 9.91. The van der Waals surface area contributed by atoms with Crippen LogP contribution in [0, 0.1) is 0 Å². The number of carbonyl (C=O) groups excluding carboxylic acids is 1. The average Bonchev–Trinajstić information content (AvgIpc) is 2.35. The maximum Gasteiger partial charge on any atom is 0.246 e. The Hall–Kier alpha value is -1.81. The maximum atomic E-state index is 12.1. The van der Waals surface area contributed by atoms with Gasteiger partial charge in [0.25, 0.3) is 0 Å². The van der Waals surface area contributed by atoms with Crippen LogP contribution in [0.3, 0.4) is 0 Å². The molecule has 4 nitrogen and oxygen atoms in total. The van der Waals surface area contributed by atoms with E-state index in [4.69, 9.17) is 5.11 Å². The van der Waals surface area contributed by atoms with Gasteiger partial charge in [-0.1, -0.05) is 12.1 Å². The van der Waals surface area contributed by atoms with E-state index in [0.717, 1.165) is 24.8 Å². The molecule has 0 unspecified atom stereocenters. The summed E-state index contributed by atoms with van der Waals surface area (Å²) in [5, 5.41) is 18.2. The highest BCUT2D eigenvalue weighted by Crippen LogP contribution is 2.24. The van der Waals surface area contributed by atoms with Crippen LogP contribution >= 0.6 is 0 Å². The maximum absolute atomic E-state index is 12.1. The van der Waals surface area contributed by atoms with Crippen molar-refractivity contribution in [2.75, 3.05) is 13.2 Å². The van der Waals surface area contributed by atoms with Crippen LogP contribution in [0.1, 0.15) is 24.8 Å². The summed E-state index contributed by atoms with van der Waals surface area (Å²) in [5.41, 5.74) is 0.865. The number of benzene rings is 1. The summed E-state index contributed by atoms with van der Waals surface area (Å²) in [5.74, 6) is 0.145. The number of aliphatic hydroxyl groups excluding tert-OH is 1. The molecule has 2 rings (SSSR count). The smallest absolute Gasteiger partial charge is 0.246 e. The van der Waals surface area contributed by atoms with E-state index in [1.807, 2.05) is 0 Å². The molecule has 0 heterocycles. The lowest BCUT2D eigenvalue weighted by molar-refractivity contribution is -0.130. The van der Waals surface area contributed by atoms with Gasteiger partial charge in [-0.25, -0.2) is 0 Å². The van der Waals surface area contributed by atoms with Crippen molar-refractivity contribution in [2.45, 2.75) is 25.3 Å². The minimum Gasteiger partial charge on any atom is -0.508 e. The van der Waals surface area contributed by atoms with E-state index in [0.29, 0.717) is 6.54 Å². The topological polar surface area (TPSA) is 60.8 Å². The lowest BCUT2D eigenvalue weighted by Gasteiger charge is -2.36. The lowest BCUT2D eigenvalue weighted by Crippen LogP contribution is -2.44. The Morgan fingerprint density at radius 3 is 2.53 bits per heavy atom. The van der Waals surface area contributed by atoms with E-state index in [9.17, 15) is 9.90 Å². The van der Waals surface area contributed by atoms with Crippen molar-refractivity contribution < 1.29 is 15.0 Å². The van der Waals surface area contributed by atoms with Gasteiger partial charge in [-0.05, 0) is 43.0 Å². The zero-order valence-electron chi connectivity index (χ0n) is 10.8. The van der Waals surface area contributed by atoms with Gasteiger partial charge in [-0.2, -0.15) is 0 Å². The fraction of sp³-hybridized carbons (Fsp3) is 0.400. The van der Waals surface area contributed by atoms with Gasteiger partial charge in [0.2, 0.25) is 5.91 Å². The third-order valence-electron chi connectivity index (χ3n) is 3.45. The molecular formula is C15H19NO3. The molecule has 1 aliphatic rings. The number of hydrogen-bond donors (Lipinski definition) is 2. The number of carbonyl (C=O) groups is 1. The van der Waals surface area contributed by atoms with E-state index in [2.05, 4.69) is 0 Å². The Balaban J connectivity index is 1.99. The molecule has 1 aromatic carbocycles. The van der Waals surface area contributed by atoms with Crippen LogP contribution in [0.4, 0.5) is 0 Å². The summed E-state index contributed by atoms with van der Waals surface area (Å²) in [6, 6.07) is 6.95. The zero-order chi connectivity index (χ0) is 13.7. The Bertz CT molecular complexity index is 449. The molecular weight excluding hydrogens is 242 g/mol. The van der Waals surface area contributed by atoms with Crippen molar-refractivity contribution in [1.82, 2.24) is 4.90 Å². The number of hydrogen-bond acceptors (Lipinski definition) is 3. The fourth-order valence-electron chi connectivity index (χ4n) is 2.13. The van der Waals surface area contributed by atoms with Crippen molar-refractivity contribution in [2.24, 2.45) is 0 Å². The molecule has 0 aromatic heterocycles. The van der Waals surface area contributed by atoms with Gasteiger partial charge in [-0.3, -0.25) is 4.79 Å². The number of rotatable bonds is 5. The van der Waals surface area contributed by atoms with E-state index in [1.54, 1.807) is 35.2 Å². The van der Waals surface area contributed by atoms with Crippen LogP contribution in [-0.4, -0.2) is 40.2 Å². The van der Waals surface area contributed by atoms with Crippen molar-refractivity contribution in [3.8, 4) is 5.75 Å². The SMILES string of the molecule is O=C(/C=C/c1ccc(O)cc1)N(CCO)C1CCC1. The van der Waals surface area contributed by atoms with Gasteiger partial charge >= 0.3 is 0 Å². The van der Waals surface area contributed by atoms with Gasteiger partial charge in [0.05, 0.1) is 6.61 Å². The molecule has 0 radical (unpaired) electrons. The first-order chi connectivity index (χ1) is 9.20. The molecule has 2 N–H and O–H groups in total. The fourth-order valence-corrected chi connectivity index (χ4v) is 2.13. The molecule has 1 amide bonds. The van der Waals surface area contributed by atoms with E-state index >= 15 is 0 Å². The highest BCUT2D eigenvalue weighted by molar-refractivity contribution is 5.92. The second kappa shape index (κ2) is 6.38. The minimum absolute atomic E-state index is 0.00467. The summed E-state index contributed by atoms with van der Waals surface area (Å²) in [4.78, 5) is 13.8. The first kappa shape index (κ1) is 13.6. The number of phenols is 1. The molecule has 0 bridgehead atoms. The highest BCUT2D eigenvalue weighted by atomic mass is 16.3. The first-order valence-electron chi connectivity index (χ1n) is 6.59. The van der Waals surface area contributed by atoms with Crippen LogP contribution in [-0.2, 0) is 4.79 Å². The van der Waals surface area contributed by atoms with Gasteiger partial charge in [0, 0.05) is 18.7 Å². The predicted octanol–water partition coefficient (Wildman–Crippen LogP) is 1.78. The molecule has 0 atom stereocenters. The monoisotopic (exact) mass is 261 g/mol. The zero-order valence-corrected chi connectivity index (χ0v) is 10.8. The summed E-state index contributed by atoms with van der Waals surface area (Å²) >= 11 is 0. The van der Waals surface area contributed by atoms with Crippen LogP contribution in [0.5, 0.6) is 5.75 Å². The van der Waals surface area contributed by atoms with Gasteiger partial charge in [-0.15, -0.1) is 0 Å². The quantitative estimate of drug-likeness (QED) is 0.794. The number of phenolic OH excluding ortho intramolecular Hbond substituents is 1. The second-order valence-corrected chi connectivity index (χ2v) is 4.76. The number of amides is 1. The number of aromatic hydroxyl groups is 1. The molecule has 1 aromatic rings. The van der Waals surface area contributed by atoms with Crippen molar-refractivity contribution in [1.29, 1.82) is 0 Å². The molecule has 19 heavy (non-hydrogen) atoms. The standard InChI is InChI=1S/C15H19NO3/c17-11-10-16(13-2-1-3-13)15(19)9-6-12-4-7-14(18)8-5-12/h4-9,13,17-18H,1-3,10-11H2/b9-6+. The van der Waals surface area contributed by atoms with Gasteiger partial charge < -0.3 is 15.1 Å². The highest BCUT2D eigenvalue weighted by Gasteiger charge is 2.26. The normalized spacial score (nSPS) is 15.4. The van der Waals surface area contributed by atoms with Crippen molar-refractivity contribution in [3.05, 3.63) is 35.9 Å². The van der Waals surface area contributed by atoms with Crippen molar-refractivity contribution in [3.63, 3.8) is 0 Å². The summed E-state index contributed by atoms with van der Waals surface area (Å²) in [7, 11) is 0. The molecule has 1 saturated carbocycles.